The number of hydrogen-bond acceptors (Lipinski definition) is 4. The molecule has 5 heteroatoms. The highest BCUT2D eigenvalue weighted by atomic mass is 19.1. The SMILES string of the molecule is CC(C)OC(=O)C(F)C(=O)c1cccc(C#N)c1. The molecule has 0 aliphatic rings. The van der Waals surface area contributed by atoms with Crippen LogP contribution < -0.4 is 0 Å². The monoisotopic (exact) mass is 249 g/mol. The van der Waals surface area contributed by atoms with Gasteiger partial charge in [0.25, 0.3) is 6.17 Å². The Kier molecular flexibility index (Phi) is 4.55. The summed E-state index contributed by atoms with van der Waals surface area (Å²) in [6, 6.07) is 7.34. The molecular formula is C13H12FNO3. The molecule has 1 atom stereocenters. The molecule has 0 saturated carbocycles. The summed E-state index contributed by atoms with van der Waals surface area (Å²) in [5.74, 6) is -2.21. The van der Waals surface area contributed by atoms with Crippen molar-refractivity contribution >= 4 is 11.8 Å². The third-order valence-corrected chi connectivity index (χ3v) is 2.07. The molecule has 1 rings (SSSR count). The Morgan fingerprint density at radius 3 is 2.61 bits per heavy atom. The summed E-state index contributed by atoms with van der Waals surface area (Å²) < 4.78 is 18.2. The summed E-state index contributed by atoms with van der Waals surface area (Å²) in [7, 11) is 0. The smallest absolute Gasteiger partial charge is 0.349 e. The van der Waals surface area contributed by atoms with Gasteiger partial charge < -0.3 is 4.74 Å². The van der Waals surface area contributed by atoms with Gasteiger partial charge in [-0.25, -0.2) is 9.18 Å². The Morgan fingerprint density at radius 2 is 2.06 bits per heavy atom. The lowest BCUT2D eigenvalue weighted by molar-refractivity contribution is -0.151. The lowest BCUT2D eigenvalue weighted by atomic mass is 10.0. The number of esters is 1. The molecule has 1 aromatic rings. The molecule has 0 aliphatic carbocycles. The van der Waals surface area contributed by atoms with Gasteiger partial charge in [0, 0.05) is 5.56 Å². The van der Waals surface area contributed by atoms with Crippen molar-refractivity contribution in [3.63, 3.8) is 0 Å². The maximum Gasteiger partial charge on any atom is 0.349 e. The molecule has 0 bridgehead atoms. The van der Waals surface area contributed by atoms with E-state index in [2.05, 4.69) is 4.74 Å². The normalized spacial score (nSPS) is 11.7. The number of halogens is 1. The third kappa shape index (κ3) is 3.39. The first-order valence-electron chi connectivity index (χ1n) is 5.34. The van der Waals surface area contributed by atoms with Crippen molar-refractivity contribution < 1.29 is 18.7 Å². The molecule has 94 valence electrons. The Hall–Kier alpha value is -2.22. The second-order valence-electron chi connectivity index (χ2n) is 3.91. The van der Waals surface area contributed by atoms with E-state index in [0.717, 1.165) is 0 Å². The fourth-order valence-electron chi connectivity index (χ4n) is 1.29. The minimum Gasteiger partial charge on any atom is -0.460 e. The molecule has 0 N–H and O–H groups in total. The van der Waals surface area contributed by atoms with Crippen LogP contribution in [0.3, 0.4) is 0 Å². The second-order valence-corrected chi connectivity index (χ2v) is 3.91. The summed E-state index contributed by atoms with van der Waals surface area (Å²) in [6.07, 6.45) is -2.85. The van der Waals surface area contributed by atoms with Crippen molar-refractivity contribution in [2.24, 2.45) is 0 Å². The molecule has 0 fully saturated rings. The molecule has 0 spiro atoms. The van der Waals surface area contributed by atoms with E-state index in [1.165, 1.54) is 24.3 Å². The van der Waals surface area contributed by atoms with Crippen molar-refractivity contribution in [2.45, 2.75) is 26.1 Å². The van der Waals surface area contributed by atoms with Gasteiger partial charge in [0.05, 0.1) is 17.7 Å². The van der Waals surface area contributed by atoms with Crippen molar-refractivity contribution in [3.05, 3.63) is 35.4 Å². The first-order valence-corrected chi connectivity index (χ1v) is 5.34. The van der Waals surface area contributed by atoms with Crippen LogP contribution in [-0.4, -0.2) is 24.0 Å². The van der Waals surface area contributed by atoms with Gasteiger partial charge in [-0.05, 0) is 26.0 Å². The highest BCUT2D eigenvalue weighted by molar-refractivity contribution is 6.11. The van der Waals surface area contributed by atoms with E-state index in [0.29, 0.717) is 0 Å². The zero-order valence-electron chi connectivity index (χ0n) is 10.0. The molecule has 1 unspecified atom stereocenters. The third-order valence-electron chi connectivity index (χ3n) is 2.07. The van der Waals surface area contributed by atoms with Gasteiger partial charge in [0.15, 0.2) is 0 Å². The number of alkyl halides is 1. The van der Waals surface area contributed by atoms with Crippen molar-refractivity contribution in [2.75, 3.05) is 0 Å². The number of rotatable bonds is 4. The van der Waals surface area contributed by atoms with Gasteiger partial charge in [-0.2, -0.15) is 5.26 Å². The standard InChI is InChI=1S/C13H12FNO3/c1-8(2)18-13(17)11(14)12(16)10-5-3-4-9(6-10)7-15/h3-6,8,11H,1-2H3. The van der Waals surface area contributed by atoms with Gasteiger partial charge >= 0.3 is 5.97 Å². The zero-order valence-corrected chi connectivity index (χ0v) is 10.0. The Labute approximate surface area is 104 Å². The topological polar surface area (TPSA) is 67.2 Å². The highest BCUT2D eigenvalue weighted by Crippen LogP contribution is 2.11. The first-order chi connectivity index (χ1) is 8.45. The molecule has 0 radical (unpaired) electrons. The minimum atomic E-state index is -2.36. The average Bonchev–Trinajstić information content (AvgIpc) is 2.36. The van der Waals surface area contributed by atoms with Crippen LogP contribution in [0.2, 0.25) is 0 Å². The number of hydrogen-bond donors (Lipinski definition) is 0. The van der Waals surface area contributed by atoms with E-state index in [9.17, 15) is 14.0 Å². The lowest BCUT2D eigenvalue weighted by Crippen LogP contribution is -2.29. The second kappa shape index (κ2) is 5.92. The van der Waals surface area contributed by atoms with Crippen molar-refractivity contribution in [1.82, 2.24) is 0 Å². The first kappa shape index (κ1) is 13.8. The molecule has 4 nitrogen and oxygen atoms in total. The Bertz CT molecular complexity index is 505. The number of ether oxygens (including phenoxy) is 1. The fraction of sp³-hybridized carbons (Fsp3) is 0.308. The van der Waals surface area contributed by atoms with Crippen LogP contribution >= 0.6 is 0 Å². The summed E-state index contributed by atoms with van der Waals surface area (Å²) in [5, 5.41) is 8.66. The van der Waals surface area contributed by atoms with Gasteiger partial charge in [-0.15, -0.1) is 0 Å². The Morgan fingerprint density at radius 1 is 1.39 bits per heavy atom. The van der Waals surface area contributed by atoms with E-state index in [1.54, 1.807) is 13.8 Å². The fourth-order valence-corrected chi connectivity index (χ4v) is 1.29. The summed E-state index contributed by atoms with van der Waals surface area (Å²) in [6.45, 7) is 3.12. The summed E-state index contributed by atoms with van der Waals surface area (Å²) >= 11 is 0. The predicted molar refractivity (Wildman–Crippen MR) is 61.6 cm³/mol. The summed E-state index contributed by atoms with van der Waals surface area (Å²) in [4.78, 5) is 22.9. The molecule has 0 aromatic heterocycles. The average molecular weight is 249 g/mol. The van der Waals surface area contributed by atoms with Gasteiger partial charge in [-0.1, -0.05) is 12.1 Å². The molecule has 18 heavy (non-hydrogen) atoms. The van der Waals surface area contributed by atoms with Crippen LogP contribution in [0.5, 0.6) is 0 Å². The molecule has 0 saturated heterocycles. The van der Waals surface area contributed by atoms with E-state index in [4.69, 9.17) is 5.26 Å². The maximum absolute atomic E-state index is 13.6. The van der Waals surface area contributed by atoms with E-state index in [-0.39, 0.29) is 11.1 Å². The van der Waals surface area contributed by atoms with Gasteiger partial charge in [-0.3, -0.25) is 4.79 Å². The highest BCUT2D eigenvalue weighted by Gasteiger charge is 2.29. The van der Waals surface area contributed by atoms with Crippen molar-refractivity contribution in [3.8, 4) is 6.07 Å². The Balaban J connectivity index is 2.86. The minimum absolute atomic E-state index is 0.0257. The van der Waals surface area contributed by atoms with Crippen LogP contribution in [0.25, 0.3) is 0 Å². The van der Waals surface area contributed by atoms with Gasteiger partial charge in [0.1, 0.15) is 0 Å². The molecular weight excluding hydrogens is 237 g/mol. The van der Waals surface area contributed by atoms with Crippen LogP contribution in [-0.2, 0) is 9.53 Å². The molecule has 0 heterocycles. The largest absolute Gasteiger partial charge is 0.460 e. The van der Waals surface area contributed by atoms with Gasteiger partial charge in [0.2, 0.25) is 5.78 Å². The van der Waals surface area contributed by atoms with Crippen LogP contribution in [0.4, 0.5) is 4.39 Å². The van der Waals surface area contributed by atoms with Crippen LogP contribution in [0, 0.1) is 11.3 Å². The lowest BCUT2D eigenvalue weighted by Gasteiger charge is -2.10. The number of carbonyl (C=O) groups excluding carboxylic acids is 2. The number of benzene rings is 1. The van der Waals surface area contributed by atoms with Crippen molar-refractivity contribution in [1.29, 1.82) is 5.26 Å². The quantitative estimate of drug-likeness (QED) is 0.465. The molecule has 0 amide bonds. The summed E-state index contributed by atoms with van der Waals surface area (Å²) in [5.41, 5.74) is 0.201. The zero-order chi connectivity index (χ0) is 13.7. The van der Waals surface area contributed by atoms with E-state index in [1.807, 2.05) is 6.07 Å². The number of ketones is 1. The molecule has 0 aliphatic heterocycles. The van der Waals surface area contributed by atoms with Crippen LogP contribution in [0.1, 0.15) is 29.8 Å². The van der Waals surface area contributed by atoms with Crippen LogP contribution in [0.15, 0.2) is 24.3 Å². The van der Waals surface area contributed by atoms with E-state index < -0.39 is 24.0 Å². The number of Topliss-reactive ketones (excluding diaryl/α,β-unsaturated/α-hetero) is 1. The van der Waals surface area contributed by atoms with E-state index >= 15 is 0 Å². The maximum atomic E-state index is 13.6. The molecule has 1 aromatic carbocycles. The number of nitrogens with zero attached hydrogens (tertiary/aromatic N) is 1. The number of carbonyl (C=O) groups is 2. The predicted octanol–water partition coefficient (Wildman–Crippen LogP) is 2.03. The number of nitriles is 1.